The van der Waals surface area contributed by atoms with Gasteiger partial charge >= 0.3 is 0 Å². The van der Waals surface area contributed by atoms with Crippen LogP contribution in [0.15, 0.2) is 0 Å². The van der Waals surface area contributed by atoms with E-state index in [1.807, 2.05) is 11.8 Å². The number of aromatic nitrogens is 2. The Bertz CT molecular complexity index is 306. The number of rotatable bonds is 4. The van der Waals surface area contributed by atoms with E-state index >= 15 is 0 Å². The van der Waals surface area contributed by atoms with Crippen LogP contribution in [0.25, 0.3) is 0 Å². The first-order valence-electron chi connectivity index (χ1n) is 3.89. The molecular formula is C7H9ClN4S. The Labute approximate surface area is 86.1 Å². The summed E-state index contributed by atoms with van der Waals surface area (Å²) in [6, 6.07) is 2.08. The van der Waals surface area contributed by atoms with Crippen molar-refractivity contribution < 1.29 is 0 Å². The molecule has 1 aromatic rings. The molecule has 0 atom stereocenters. The third-order valence-electron chi connectivity index (χ3n) is 1.61. The van der Waals surface area contributed by atoms with Crippen LogP contribution in [0.5, 0.6) is 0 Å². The lowest BCUT2D eigenvalue weighted by Crippen LogP contribution is -2.24. The van der Waals surface area contributed by atoms with E-state index in [9.17, 15) is 0 Å². The maximum absolute atomic E-state index is 8.43. The summed E-state index contributed by atoms with van der Waals surface area (Å²) >= 11 is 6.89. The van der Waals surface area contributed by atoms with E-state index < -0.39 is 0 Å². The molecule has 0 radical (unpaired) electrons. The lowest BCUT2D eigenvalue weighted by atomic mass is 10.4. The van der Waals surface area contributed by atoms with Gasteiger partial charge in [-0.05, 0) is 6.92 Å². The first kappa shape index (κ1) is 10.2. The van der Waals surface area contributed by atoms with Gasteiger partial charge < -0.3 is 4.90 Å². The second-order valence-electron chi connectivity index (χ2n) is 2.37. The fourth-order valence-electron chi connectivity index (χ4n) is 0.960. The third kappa shape index (κ3) is 2.54. The second-order valence-corrected chi connectivity index (χ2v) is 3.25. The van der Waals surface area contributed by atoms with E-state index in [2.05, 4.69) is 14.8 Å². The van der Waals surface area contributed by atoms with Gasteiger partial charge in [-0.25, -0.2) is 0 Å². The average Bonchev–Trinajstić information content (AvgIpc) is 2.54. The van der Waals surface area contributed by atoms with Crippen molar-refractivity contribution >= 4 is 29.1 Å². The van der Waals surface area contributed by atoms with Crippen LogP contribution in [-0.4, -0.2) is 21.8 Å². The number of nitriles is 1. The fraction of sp³-hybridized carbons (Fsp3) is 0.571. The zero-order valence-corrected chi connectivity index (χ0v) is 8.77. The topological polar surface area (TPSA) is 52.8 Å². The molecule has 6 heteroatoms. The molecule has 0 aliphatic rings. The second kappa shape index (κ2) is 5.00. The maximum atomic E-state index is 8.43. The molecule has 4 nitrogen and oxygen atoms in total. The molecule has 0 bridgehead atoms. The van der Waals surface area contributed by atoms with Crippen molar-refractivity contribution in [2.45, 2.75) is 13.3 Å². The summed E-state index contributed by atoms with van der Waals surface area (Å²) in [7, 11) is 0. The number of halogens is 1. The Balaban J connectivity index is 2.68. The van der Waals surface area contributed by atoms with E-state index in [-0.39, 0.29) is 0 Å². The van der Waals surface area contributed by atoms with Gasteiger partial charge in [0.25, 0.3) is 0 Å². The van der Waals surface area contributed by atoms with Crippen LogP contribution in [0.2, 0.25) is 5.15 Å². The SMILES string of the molecule is CCN(CCC#N)c1nsnc1Cl. The van der Waals surface area contributed by atoms with Crippen LogP contribution in [-0.2, 0) is 0 Å². The molecule has 0 aromatic carbocycles. The molecule has 1 aromatic heterocycles. The van der Waals surface area contributed by atoms with E-state index in [0.29, 0.717) is 23.9 Å². The van der Waals surface area contributed by atoms with Gasteiger partial charge in [0, 0.05) is 13.1 Å². The highest BCUT2D eigenvalue weighted by Crippen LogP contribution is 2.22. The summed E-state index contributed by atoms with van der Waals surface area (Å²) in [6.45, 7) is 3.43. The molecule has 13 heavy (non-hydrogen) atoms. The molecule has 0 saturated heterocycles. The third-order valence-corrected chi connectivity index (χ3v) is 2.48. The number of hydrogen-bond acceptors (Lipinski definition) is 5. The van der Waals surface area contributed by atoms with E-state index in [4.69, 9.17) is 16.9 Å². The van der Waals surface area contributed by atoms with Gasteiger partial charge in [-0.3, -0.25) is 0 Å². The normalized spacial score (nSPS) is 9.62. The van der Waals surface area contributed by atoms with Crippen molar-refractivity contribution in [3.05, 3.63) is 5.15 Å². The lowest BCUT2D eigenvalue weighted by Gasteiger charge is -2.17. The first-order chi connectivity index (χ1) is 6.29. The van der Waals surface area contributed by atoms with Crippen LogP contribution in [0, 0.1) is 11.3 Å². The Hall–Kier alpha value is -0.860. The minimum Gasteiger partial charge on any atom is -0.352 e. The van der Waals surface area contributed by atoms with Crippen molar-refractivity contribution in [1.29, 1.82) is 5.26 Å². The summed E-state index contributed by atoms with van der Waals surface area (Å²) in [5.74, 6) is 0.685. The van der Waals surface area contributed by atoms with Gasteiger partial charge in [0.1, 0.15) is 0 Å². The van der Waals surface area contributed by atoms with E-state index in [1.165, 1.54) is 0 Å². The number of hydrogen-bond donors (Lipinski definition) is 0. The Morgan fingerprint density at radius 1 is 1.62 bits per heavy atom. The van der Waals surface area contributed by atoms with Crippen LogP contribution in [0.4, 0.5) is 5.82 Å². The summed E-state index contributed by atoms with van der Waals surface area (Å²) in [6.07, 6.45) is 0.474. The van der Waals surface area contributed by atoms with Gasteiger partial charge in [-0.1, -0.05) is 11.6 Å². The first-order valence-corrected chi connectivity index (χ1v) is 5.00. The molecule has 0 aliphatic heterocycles. The van der Waals surface area contributed by atoms with Gasteiger partial charge in [-0.15, -0.1) is 0 Å². The largest absolute Gasteiger partial charge is 0.352 e. The molecular weight excluding hydrogens is 208 g/mol. The Kier molecular flexibility index (Phi) is 3.93. The van der Waals surface area contributed by atoms with Gasteiger partial charge in [0.05, 0.1) is 24.2 Å². The molecule has 1 rings (SSSR count). The van der Waals surface area contributed by atoms with Crippen molar-refractivity contribution in [1.82, 2.24) is 8.75 Å². The minimum absolute atomic E-state index is 0.421. The van der Waals surface area contributed by atoms with Crippen LogP contribution < -0.4 is 4.90 Å². The molecule has 0 amide bonds. The molecule has 0 spiro atoms. The van der Waals surface area contributed by atoms with Crippen LogP contribution in [0.1, 0.15) is 13.3 Å². The number of nitrogens with zero attached hydrogens (tertiary/aromatic N) is 4. The summed E-state index contributed by atoms with van der Waals surface area (Å²) in [4.78, 5) is 1.94. The van der Waals surface area contributed by atoms with Crippen LogP contribution in [0.3, 0.4) is 0 Å². The van der Waals surface area contributed by atoms with Gasteiger partial charge in [-0.2, -0.15) is 14.0 Å². The van der Waals surface area contributed by atoms with Crippen molar-refractivity contribution in [2.24, 2.45) is 0 Å². The molecule has 0 N–H and O–H groups in total. The predicted octanol–water partition coefficient (Wildman–Crippen LogP) is 1.93. The highest BCUT2D eigenvalue weighted by atomic mass is 35.5. The number of anilines is 1. The monoisotopic (exact) mass is 216 g/mol. The van der Waals surface area contributed by atoms with Crippen molar-refractivity contribution in [2.75, 3.05) is 18.0 Å². The summed E-state index contributed by atoms with van der Waals surface area (Å²) in [5.41, 5.74) is 0. The minimum atomic E-state index is 0.421. The molecule has 0 saturated carbocycles. The van der Waals surface area contributed by atoms with Crippen molar-refractivity contribution in [3.63, 3.8) is 0 Å². The van der Waals surface area contributed by atoms with E-state index in [0.717, 1.165) is 18.3 Å². The summed E-state index contributed by atoms with van der Waals surface area (Å²) in [5, 5.41) is 8.86. The quantitative estimate of drug-likeness (QED) is 0.772. The maximum Gasteiger partial charge on any atom is 0.187 e. The van der Waals surface area contributed by atoms with Crippen molar-refractivity contribution in [3.8, 4) is 6.07 Å². The summed E-state index contributed by atoms with van der Waals surface area (Å²) < 4.78 is 7.92. The van der Waals surface area contributed by atoms with Gasteiger partial charge in [0.15, 0.2) is 11.0 Å². The molecule has 0 fully saturated rings. The van der Waals surface area contributed by atoms with E-state index in [1.54, 1.807) is 0 Å². The molecule has 70 valence electrons. The lowest BCUT2D eigenvalue weighted by molar-refractivity contribution is 0.817. The molecule has 1 heterocycles. The zero-order valence-electron chi connectivity index (χ0n) is 7.20. The molecule has 0 aliphatic carbocycles. The standard InChI is InChI=1S/C7H9ClN4S/c1-2-12(5-3-4-9)7-6(8)10-13-11-7/h2-3,5H2,1H3. The van der Waals surface area contributed by atoms with Gasteiger partial charge in [0.2, 0.25) is 0 Å². The average molecular weight is 217 g/mol. The Morgan fingerprint density at radius 3 is 2.85 bits per heavy atom. The zero-order chi connectivity index (χ0) is 9.68. The molecule has 0 unspecified atom stereocenters. The fourth-order valence-corrected chi connectivity index (χ4v) is 1.74. The highest BCUT2D eigenvalue weighted by Gasteiger charge is 2.11. The van der Waals surface area contributed by atoms with Crippen LogP contribution >= 0.6 is 23.3 Å². The highest BCUT2D eigenvalue weighted by molar-refractivity contribution is 6.99. The smallest absolute Gasteiger partial charge is 0.187 e. The predicted molar refractivity (Wildman–Crippen MR) is 53.0 cm³/mol. The Morgan fingerprint density at radius 2 is 2.38 bits per heavy atom.